The summed E-state index contributed by atoms with van der Waals surface area (Å²) in [6.45, 7) is 3.47. The van der Waals surface area contributed by atoms with E-state index < -0.39 is 16.1 Å². The minimum Gasteiger partial charge on any atom is -0.396 e. The second kappa shape index (κ2) is 8.63. The van der Waals surface area contributed by atoms with Crippen molar-refractivity contribution in [1.29, 1.82) is 0 Å². The summed E-state index contributed by atoms with van der Waals surface area (Å²) in [6.07, 6.45) is 3.12. The lowest BCUT2D eigenvalue weighted by Gasteiger charge is -2.14. The van der Waals surface area contributed by atoms with Crippen molar-refractivity contribution >= 4 is 27.4 Å². The maximum Gasteiger partial charge on any atom is 0.328 e. The first-order valence-corrected chi connectivity index (χ1v) is 9.54. The van der Waals surface area contributed by atoms with Crippen molar-refractivity contribution in [2.24, 2.45) is 0 Å². The molecular weight excluding hydrogens is 356 g/mol. The van der Waals surface area contributed by atoms with Crippen LogP contribution in [0.5, 0.6) is 0 Å². The molecule has 4 N–H and O–H groups in total. The average Bonchev–Trinajstić information content (AvgIpc) is 2.54. The first-order valence-electron chi connectivity index (χ1n) is 8.06. The van der Waals surface area contributed by atoms with Gasteiger partial charge in [-0.2, -0.15) is 0 Å². The summed E-state index contributed by atoms with van der Waals surface area (Å²) in [5, 5.41) is 14.5. The molecule has 140 valence electrons. The number of hydrogen-bond acceptors (Lipinski definition) is 6. The number of rotatable bonds is 7. The first-order chi connectivity index (χ1) is 12.3. The average molecular weight is 378 g/mol. The normalized spacial score (nSPS) is 11.2. The number of aliphatic hydroxyl groups is 1. The van der Waals surface area contributed by atoms with E-state index in [1.807, 2.05) is 16.9 Å². The summed E-state index contributed by atoms with van der Waals surface area (Å²) in [6, 6.07) is 7.75. The number of carbonyl (C=O) groups is 1. The number of benzene rings is 1. The third-order valence-electron chi connectivity index (χ3n) is 3.33. The molecule has 8 nitrogen and oxygen atoms in total. The Kier molecular flexibility index (Phi) is 6.53. The molecule has 26 heavy (non-hydrogen) atoms. The maximum atomic E-state index is 12.5. The Hall–Kier alpha value is -2.65. The fourth-order valence-corrected chi connectivity index (χ4v) is 3.28. The topological polar surface area (TPSA) is 120 Å². The van der Waals surface area contributed by atoms with Gasteiger partial charge in [0.1, 0.15) is 4.90 Å². The highest BCUT2D eigenvalue weighted by atomic mass is 32.2. The predicted molar refractivity (Wildman–Crippen MR) is 98.7 cm³/mol. The number of sulfonamides is 1. The van der Waals surface area contributed by atoms with Crippen LogP contribution in [0.1, 0.15) is 19.4 Å². The summed E-state index contributed by atoms with van der Waals surface area (Å²) >= 11 is 0. The van der Waals surface area contributed by atoms with Gasteiger partial charge in [-0.15, -0.1) is 0 Å². The molecule has 1 heterocycles. The molecule has 0 fully saturated rings. The van der Waals surface area contributed by atoms with E-state index in [0.717, 1.165) is 5.56 Å². The van der Waals surface area contributed by atoms with E-state index >= 15 is 0 Å². The third kappa shape index (κ3) is 5.43. The van der Waals surface area contributed by atoms with Crippen molar-refractivity contribution in [3.63, 3.8) is 0 Å². The van der Waals surface area contributed by atoms with Crippen LogP contribution >= 0.6 is 0 Å². The number of aromatic nitrogens is 1. The molecule has 0 saturated carbocycles. The largest absolute Gasteiger partial charge is 0.396 e. The Morgan fingerprint density at radius 3 is 2.73 bits per heavy atom. The van der Waals surface area contributed by atoms with Crippen LogP contribution in [0.25, 0.3) is 0 Å². The third-order valence-corrected chi connectivity index (χ3v) is 4.69. The fraction of sp³-hybridized carbons (Fsp3) is 0.294. The van der Waals surface area contributed by atoms with Gasteiger partial charge in [0.25, 0.3) is 10.0 Å². The van der Waals surface area contributed by atoms with Crippen LogP contribution < -0.4 is 15.4 Å². The number of pyridine rings is 1. The van der Waals surface area contributed by atoms with Gasteiger partial charge in [-0.3, -0.25) is 4.98 Å². The molecule has 0 aliphatic rings. The zero-order valence-electron chi connectivity index (χ0n) is 14.6. The second-order valence-electron chi connectivity index (χ2n) is 5.90. The summed E-state index contributed by atoms with van der Waals surface area (Å²) in [5.74, 6) is 0. The number of aliphatic hydroxyl groups excluding tert-OH is 1. The zero-order valence-corrected chi connectivity index (χ0v) is 15.4. The standard InChI is InChI=1S/C17H22N4O4S/c1-12(2)19-17(23)21-26(24,25)16-11-18-8-6-15(16)20-14-5-3-4-13(10-14)7-9-22/h3-6,8,10-12,22H,7,9H2,1-2H3,(H,18,20)(H2,19,21,23). The van der Waals surface area contributed by atoms with Gasteiger partial charge in [0.2, 0.25) is 0 Å². The smallest absolute Gasteiger partial charge is 0.328 e. The van der Waals surface area contributed by atoms with Crippen LogP contribution in [-0.4, -0.2) is 37.2 Å². The number of anilines is 2. The molecule has 1 aromatic carbocycles. The molecule has 0 aliphatic heterocycles. The Morgan fingerprint density at radius 2 is 2.04 bits per heavy atom. The Bertz CT molecular complexity index is 869. The van der Waals surface area contributed by atoms with Crippen molar-refractivity contribution in [1.82, 2.24) is 15.0 Å². The van der Waals surface area contributed by atoms with E-state index in [9.17, 15) is 13.2 Å². The molecule has 2 amide bonds. The molecule has 0 radical (unpaired) electrons. The van der Waals surface area contributed by atoms with Crippen LogP contribution in [0.2, 0.25) is 0 Å². The highest BCUT2D eigenvalue weighted by Gasteiger charge is 2.22. The van der Waals surface area contributed by atoms with E-state index in [-0.39, 0.29) is 23.2 Å². The molecule has 1 aromatic heterocycles. The van der Waals surface area contributed by atoms with Crippen LogP contribution in [0, 0.1) is 0 Å². The number of urea groups is 1. The molecule has 0 bridgehead atoms. The highest BCUT2D eigenvalue weighted by Crippen LogP contribution is 2.24. The number of nitrogens with zero attached hydrogens (tertiary/aromatic N) is 1. The maximum absolute atomic E-state index is 12.5. The predicted octanol–water partition coefficient (Wildman–Crippen LogP) is 1.76. The lowest BCUT2D eigenvalue weighted by atomic mass is 10.1. The summed E-state index contributed by atoms with van der Waals surface area (Å²) in [5.41, 5.74) is 1.85. The van der Waals surface area contributed by atoms with Gasteiger partial charge >= 0.3 is 6.03 Å². The van der Waals surface area contributed by atoms with E-state index in [1.165, 1.54) is 18.5 Å². The van der Waals surface area contributed by atoms with Gasteiger partial charge < -0.3 is 15.7 Å². The molecular formula is C17H22N4O4S. The van der Waals surface area contributed by atoms with Crippen LogP contribution in [0.15, 0.2) is 47.6 Å². The molecule has 9 heteroatoms. The summed E-state index contributed by atoms with van der Waals surface area (Å²) in [7, 11) is -4.10. The van der Waals surface area contributed by atoms with E-state index in [2.05, 4.69) is 15.6 Å². The molecule has 2 aromatic rings. The highest BCUT2D eigenvalue weighted by molar-refractivity contribution is 7.90. The lowest BCUT2D eigenvalue weighted by Crippen LogP contribution is -2.42. The SMILES string of the molecule is CC(C)NC(=O)NS(=O)(=O)c1cnccc1Nc1cccc(CCO)c1. The van der Waals surface area contributed by atoms with Gasteiger partial charge in [-0.25, -0.2) is 17.9 Å². The summed E-state index contributed by atoms with van der Waals surface area (Å²) < 4.78 is 27.0. The van der Waals surface area contributed by atoms with Gasteiger partial charge in [0, 0.05) is 30.7 Å². The molecule has 0 saturated heterocycles. The van der Waals surface area contributed by atoms with Crippen molar-refractivity contribution in [2.45, 2.75) is 31.2 Å². The molecule has 2 rings (SSSR count). The van der Waals surface area contributed by atoms with Gasteiger partial charge in [-0.1, -0.05) is 12.1 Å². The van der Waals surface area contributed by atoms with Crippen molar-refractivity contribution in [2.75, 3.05) is 11.9 Å². The minimum atomic E-state index is -4.10. The first kappa shape index (κ1) is 19.7. The number of carbonyl (C=O) groups excluding carboxylic acids is 1. The van der Waals surface area contributed by atoms with E-state index in [0.29, 0.717) is 12.1 Å². The fourth-order valence-electron chi connectivity index (χ4n) is 2.26. The Balaban J connectivity index is 2.27. The number of nitrogens with one attached hydrogen (secondary N) is 3. The molecule has 0 spiro atoms. The van der Waals surface area contributed by atoms with Crippen LogP contribution in [0.3, 0.4) is 0 Å². The van der Waals surface area contributed by atoms with Crippen LogP contribution in [-0.2, 0) is 16.4 Å². The minimum absolute atomic E-state index is 0.0211. The van der Waals surface area contributed by atoms with Crippen molar-refractivity contribution in [3.05, 3.63) is 48.3 Å². The van der Waals surface area contributed by atoms with Crippen LogP contribution in [0.4, 0.5) is 16.2 Å². The zero-order chi connectivity index (χ0) is 19.2. The molecule has 0 atom stereocenters. The Labute approximate surface area is 152 Å². The lowest BCUT2D eigenvalue weighted by molar-refractivity contribution is 0.243. The van der Waals surface area contributed by atoms with Crippen molar-refractivity contribution in [3.8, 4) is 0 Å². The quantitative estimate of drug-likeness (QED) is 0.583. The molecule has 0 unspecified atom stereocenters. The van der Waals surface area contributed by atoms with Gasteiger partial charge in [0.05, 0.1) is 5.69 Å². The Morgan fingerprint density at radius 1 is 1.27 bits per heavy atom. The summed E-state index contributed by atoms with van der Waals surface area (Å²) in [4.78, 5) is 15.5. The molecule has 0 aliphatic carbocycles. The van der Waals surface area contributed by atoms with E-state index in [4.69, 9.17) is 5.11 Å². The van der Waals surface area contributed by atoms with Gasteiger partial charge in [0.15, 0.2) is 0 Å². The monoisotopic (exact) mass is 378 g/mol. The van der Waals surface area contributed by atoms with E-state index in [1.54, 1.807) is 26.0 Å². The van der Waals surface area contributed by atoms with Gasteiger partial charge in [-0.05, 0) is 44.0 Å². The second-order valence-corrected chi connectivity index (χ2v) is 7.56. The van der Waals surface area contributed by atoms with Crippen molar-refractivity contribution < 1.29 is 18.3 Å². The number of hydrogen-bond donors (Lipinski definition) is 4. The number of amides is 2.